The molecule has 3 nitrogen and oxygen atoms in total. The van der Waals surface area contributed by atoms with E-state index in [4.69, 9.17) is 14.2 Å². The second kappa shape index (κ2) is 20.4. The van der Waals surface area contributed by atoms with E-state index in [-0.39, 0.29) is 0 Å². The van der Waals surface area contributed by atoms with Crippen LogP contribution in [0.15, 0.2) is 232 Å². The highest BCUT2D eigenvalue weighted by molar-refractivity contribution is 9.11. The van der Waals surface area contributed by atoms with Crippen LogP contribution in [0.2, 0.25) is 0 Å². The number of methoxy groups -OCH3 is 3. The smallest absolute Gasteiger partial charge is 0.119 e. The van der Waals surface area contributed by atoms with E-state index in [2.05, 4.69) is 266 Å². The van der Waals surface area contributed by atoms with Crippen LogP contribution in [-0.2, 0) is 54.8 Å². The van der Waals surface area contributed by atoms with Gasteiger partial charge in [0.2, 0.25) is 0 Å². The van der Waals surface area contributed by atoms with Crippen LogP contribution >= 0.6 is 47.8 Å². The summed E-state index contributed by atoms with van der Waals surface area (Å²) in [5, 5.41) is 0. The topological polar surface area (TPSA) is 27.7 Å². The predicted molar refractivity (Wildman–Crippen MR) is 329 cm³/mol. The summed E-state index contributed by atoms with van der Waals surface area (Å²) in [5.74, 6) is 2.57. The van der Waals surface area contributed by atoms with E-state index in [1.165, 1.54) is 100 Å². The number of hydrogen-bond donors (Lipinski definition) is 0. The molecule has 13 rings (SSSR count). The van der Waals surface area contributed by atoms with Crippen LogP contribution < -0.4 is 14.2 Å². The zero-order chi connectivity index (χ0) is 53.2. The van der Waals surface area contributed by atoms with Gasteiger partial charge in [-0.3, -0.25) is 0 Å². The van der Waals surface area contributed by atoms with Gasteiger partial charge in [-0.1, -0.05) is 193 Å². The molecular weight excluding hydrogens is 1150 g/mol. The summed E-state index contributed by atoms with van der Waals surface area (Å²) < 4.78 is 21.3. The van der Waals surface area contributed by atoms with Gasteiger partial charge in [-0.25, -0.2) is 0 Å². The third kappa shape index (κ3) is 8.49. The van der Waals surface area contributed by atoms with Gasteiger partial charge in [-0.2, -0.15) is 0 Å². The van der Waals surface area contributed by atoms with E-state index in [0.29, 0.717) is 0 Å². The highest BCUT2D eigenvalue weighted by Gasteiger charge is 2.58. The minimum absolute atomic E-state index is 0.570. The van der Waals surface area contributed by atoms with Crippen molar-refractivity contribution in [1.29, 1.82) is 0 Å². The first-order valence-corrected chi connectivity index (χ1v) is 29.2. The van der Waals surface area contributed by atoms with Crippen molar-refractivity contribution >= 4 is 47.8 Å². The van der Waals surface area contributed by atoms with E-state index in [1.54, 1.807) is 21.3 Å². The maximum atomic E-state index is 6.04. The summed E-state index contributed by atoms with van der Waals surface area (Å²) in [6, 6.07) is 81.9. The number of benzene rings is 10. The molecule has 0 aromatic heterocycles. The summed E-state index contributed by atoms with van der Waals surface area (Å²) in [7, 11) is 5.34. The lowest BCUT2D eigenvalue weighted by Gasteiger charge is -2.40. The van der Waals surface area contributed by atoms with Gasteiger partial charge in [0.1, 0.15) is 17.2 Å². The molecule has 0 N–H and O–H groups in total. The second-order valence-electron chi connectivity index (χ2n) is 21.6. The number of fused-ring (bicyclic) bond motifs is 12. The number of rotatable bonds is 15. The molecule has 0 saturated carbocycles. The molecule has 0 bridgehead atoms. The van der Waals surface area contributed by atoms with E-state index in [9.17, 15) is 0 Å². The van der Waals surface area contributed by atoms with Crippen molar-refractivity contribution in [3.8, 4) is 50.6 Å². The Bertz CT molecular complexity index is 3550. The van der Waals surface area contributed by atoms with Crippen LogP contribution in [0.25, 0.3) is 33.4 Å². The van der Waals surface area contributed by atoms with Crippen molar-refractivity contribution in [2.45, 2.75) is 54.8 Å². The maximum Gasteiger partial charge on any atom is 0.119 e. The van der Waals surface area contributed by atoms with Crippen LogP contribution in [-0.4, -0.2) is 21.3 Å². The van der Waals surface area contributed by atoms with E-state index in [0.717, 1.165) is 69.2 Å². The fourth-order valence-electron chi connectivity index (χ4n) is 14.4. The molecule has 3 atom stereocenters. The summed E-state index contributed by atoms with van der Waals surface area (Å²) in [6.07, 6.45) is 4.50. The van der Waals surface area contributed by atoms with Crippen LogP contribution in [0.1, 0.15) is 66.8 Å². The van der Waals surface area contributed by atoms with Gasteiger partial charge < -0.3 is 14.2 Å². The summed E-state index contributed by atoms with van der Waals surface area (Å²) in [6.45, 7) is 0. The molecule has 0 heterocycles. The highest BCUT2D eigenvalue weighted by atomic mass is 79.9. The molecule has 0 amide bonds. The van der Waals surface area contributed by atoms with Gasteiger partial charge >= 0.3 is 0 Å². The monoisotopic (exact) mass is 1210 g/mol. The van der Waals surface area contributed by atoms with Crippen molar-refractivity contribution in [3.63, 3.8) is 0 Å². The Balaban J connectivity index is 1.26. The molecule has 10 aromatic rings. The van der Waals surface area contributed by atoms with Gasteiger partial charge in [0.25, 0.3) is 0 Å². The normalized spacial score (nSPS) is 18.1. The van der Waals surface area contributed by atoms with Crippen LogP contribution in [0, 0.1) is 0 Å². The lowest BCUT2D eigenvalue weighted by molar-refractivity contribution is 0.413. The summed E-state index contributed by atoms with van der Waals surface area (Å²) >= 11 is 11.9. The van der Waals surface area contributed by atoms with Crippen molar-refractivity contribution in [1.82, 2.24) is 0 Å². The molecule has 78 heavy (non-hydrogen) atoms. The molecule has 0 saturated heterocycles. The van der Waals surface area contributed by atoms with E-state index < -0.39 is 16.2 Å². The summed E-state index contributed by atoms with van der Waals surface area (Å²) in [4.78, 5) is 0. The molecule has 0 spiro atoms. The minimum Gasteiger partial charge on any atom is -0.497 e. The fraction of sp³-hybridized carbons (Fsp3) is 0.167. The molecule has 10 aromatic carbocycles. The highest BCUT2D eigenvalue weighted by Crippen LogP contribution is 2.70. The fourth-order valence-corrected chi connectivity index (χ4v) is 15.8. The zero-order valence-corrected chi connectivity index (χ0v) is 48.6. The van der Waals surface area contributed by atoms with Crippen LogP contribution in [0.4, 0.5) is 0 Å². The molecule has 384 valence electrons. The first kappa shape index (κ1) is 50.5. The standard InChI is InChI=1S/C72H57Br3O3/c1-76-55-25-13-19-49(37-55)43-70(40-46-16-10-22-52(73)34-46)61-31-7-4-28-58(61)64-67(70)65-59-29-5-8-32-62(59)71(41-47-17-11-23-53(74)35-47,44-50-20-14-26-56(38-50)77-2)69(65)66-60-30-6-9-33-63(60)72(68(64)66,42-48-18-12-24-54(75)36-48)45-51-21-15-27-57(39-51)78-3/h4-39H,40-45H2,1-3H3/t70-,71-,72-/m1/s1. The molecular formula is C72H57Br3O3. The number of ether oxygens (including phenoxy) is 3. The Labute approximate surface area is 483 Å². The molecule has 0 unspecified atom stereocenters. The van der Waals surface area contributed by atoms with Gasteiger partial charge in [0.05, 0.1) is 21.3 Å². The lowest BCUT2D eigenvalue weighted by atomic mass is 9.62. The Hall–Kier alpha value is -6.96. The zero-order valence-electron chi connectivity index (χ0n) is 43.9. The molecule has 0 fully saturated rings. The van der Waals surface area contributed by atoms with Crippen LogP contribution in [0.5, 0.6) is 17.2 Å². The average molecular weight is 1210 g/mol. The Morgan fingerprint density at radius 1 is 0.282 bits per heavy atom. The first-order chi connectivity index (χ1) is 38.1. The predicted octanol–water partition coefficient (Wildman–Crippen LogP) is 18.3. The summed E-state index contributed by atoms with van der Waals surface area (Å²) in [5.41, 5.74) is 22.0. The molecule has 6 heteroatoms. The van der Waals surface area contributed by atoms with Crippen molar-refractivity contribution in [2.75, 3.05) is 21.3 Å². The molecule has 0 aliphatic heterocycles. The number of halogens is 3. The van der Waals surface area contributed by atoms with Gasteiger partial charge in [-0.05, 0) is 211 Å². The van der Waals surface area contributed by atoms with Crippen molar-refractivity contribution < 1.29 is 14.2 Å². The van der Waals surface area contributed by atoms with E-state index >= 15 is 0 Å². The Morgan fingerprint density at radius 3 is 0.782 bits per heavy atom. The van der Waals surface area contributed by atoms with Gasteiger partial charge in [0, 0.05) is 29.7 Å². The molecule has 3 aliphatic rings. The Kier molecular flexibility index (Phi) is 13.2. The van der Waals surface area contributed by atoms with Gasteiger partial charge in [0.15, 0.2) is 0 Å². The third-order valence-corrected chi connectivity index (χ3v) is 18.7. The van der Waals surface area contributed by atoms with E-state index in [1.807, 2.05) is 0 Å². The lowest BCUT2D eigenvalue weighted by Crippen LogP contribution is -2.36. The molecule has 3 aliphatic carbocycles. The second-order valence-corrected chi connectivity index (χ2v) is 24.4. The maximum absolute atomic E-state index is 6.04. The average Bonchev–Trinajstić information content (AvgIpc) is 2.40. The SMILES string of the molecule is COc1cccc(C[C@]2(Cc3cccc(Br)c3)c3ccccc3-c3c2c2c(c4c3[C@](Cc3cccc(Br)c3)(Cc3cccc(OC)c3)c3ccccc3-4)[C@](Cc3cccc(Br)c3)(Cc3cccc(OC)c3)c3ccccc3-2)c1. The van der Waals surface area contributed by atoms with Crippen molar-refractivity contribution in [3.05, 3.63) is 299 Å². The minimum atomic E-state index is -0.570. The third-order valence-electron chi connectivity index (χ3n) is 17.2. The largest absolute Gasteiger partial charge is 0.497 e. The number of hydrogen-bond acceptors (Lipinski definition) is 3. The van der Waals surface area contributed by atoms with Crippen LogP contribution in [0.3, 0.4) is 0 Å². The molecule has 0 radical (unpaired) electrons. The Morgan fingerprint density at radius 2 is 0.526 bits per heavy atom. The van der Waals surface area contributed by atoms with Crippen molar-refractivity contribution in [2.24, 2.45) is 0 Å². The first-order valence-electron chi connectivity index (χ1n) is 26.8. The quantitative estimate of drug-likeness (QED) is 0.102. The van der Waals surface area contributed by atoms with Gasteiger partial charge in [-0.15, -0.1) is 0 Å².